The number of nitrogens with one attached hydrogen (secondary N) is 1. The van der Waals surface area contributed by atoms with E-state index in [4.69, 9.17) is 0 Å². The molecular formula is C7H11NO2. The second kappa shape index (κ2) is 2.08. The van der Waals surface area contributed by atoms with Crippen LogP contribution in [0.1, 0.15) is 20.3 Å². The number of hydrogen-bond donors (Lipinski definition) is 1. The predicted octanol–water partition coefficient (Wildman–Crippen LogP) is 0.102. The number of piperidine rings is 1. The standard InChI is InChI=1S/C7H11NO2/c1-7(2)3-6(10)8-4-5(7)9/h3-4H2,1-2H3,(H,8,10). The Labute approximate surface area is 59.8 Å². The fraction of sp³-hybridized carbons (Fsp3) is 0.714. The van der Waals surface area contributed by atoms with E-state index in [9.17, 15) is 9.59 Å². The van der Waals surface area contributed by atoms with Gasteiger partial charge in [0.05, 0.1) is 6.54 Å². The van der Waals surface area contributed by atoms with Crippen LogP contribution in [0.15, 0.2) is 0 Å². The van der Waals surface area contributed by atoms with Crippen molar-refractivity contribution in [3.05, 3.63) is 0 Å². The Morgan fingerprint density at radius 2 is 2.00 bits per heavy atom. The van der Waals surface area contributed by atoms with Gasteiger partial charge in [0.15, 0.2) is 5.78 Å². The average Bonchev–Trinajstić information content (AvgIpc) is 1.78. The summed E-state index contributed by atoms with van der Waals surface area (Å²) < 4.78 is 0. The monoisotopic (exact) mass is 141 g/mol. The normalized spacial score (nSPS) is 24.2. The molecule has 1 heterocycles. The quantitative estimate of drug-likeness (QED) is 0.520. The summed E-state index contributed by atoms with van der Waals surface area (Å²) in [6, 6.07) is 0. The van der Waals surface area contributed by atoms with Crippen LogP contribution in [0.25, 0.3) is 0 Å². The van der Waals surface area contributed by atoms with E-state index in [0.717, 1.165) is 0 Å². The van der Waals surface area contributed by atoms with Crippen LogP contribution in [-0.4, -0.2) is 18.2 Å². The molecule has 1 saturated heterocycles. The Balaban J connectivity index is 2.73. The highest BCUT2D eigenvalue weighted by Gasteiger charge is 2.33. The molecule has 3 heteroatoms. The molecule has 56 valence electrons. The lowest BCUT2D eigenvalue weighted by molar-refractivity contribution is -0.137. The van der Waals surface area contributed by atoms with Crippen LogP contribution in [0.4, 0.5) is 0 Å². The first-order valence-corrected chi connectivity index (χ1v) is 3.32. The molecule has 10 heavy (non-hydrogen) atoms. The van der Waals surface area contributed by atoms with Crippen LogP contribution < -0.4 is 5.32 Å². The van der Waals surface area contributed by atoms with Gasteiger partial charge in [0.2, 0.25) is 5.91 Å². The van der Waals surface area contributed by atoms with Crippen LogP contribution in [0.5, 0.6) is 0 Å². The lowest BCUT2D eigenvalue weighted by atomic mass is 9.82. The highest BCUT2D eigenvalue weighted by atomic mass is 16.2. The number of rotatable bonds is 0. The topological polar surface area (TPSA) is 46.2 Å². The van der Waals surface area contributed by atoms with Gasteiger partial charge in [-0.25, -0.2) is 0 Å². The largest absolute Gasteiger partial charge is 0.349 e. The fourth-order valence-corrected chi connectivity index (χ4v) is 0.981. The fourth-order valence-electron chi connectivity index (χ4n) is 0.981. The number of carbonyl (C=O) groups excluding carboxylic acids is 2. The minimum atomic E-state index is -0.442. The highest BCUT2D eigenvalue weighted by Crippen LogP contribution is 2.23. The van der Waals surface area contributed by atoms with Gasteiger partial charge in [-0.05, 0) is 0 Å². The molecule has 1 amide bonds. The molecule has 0 bridgehead atoms. The van der Waals surface area contributed by atoms with E-state index in [-0.39, 0.29) is 18.2 Å². The maximum atomic E-state index is 11.0. The molecule has 1 rings (SSSR count). The molecule has 0 aromatic heterocycles. The van der Waals surface area contributed by atoms with Gasteiger partial charge in [-0.1, -0.05) is 13.8 Å². The van der Waals surface area contributed by atoms with Gasteiger partial charge in [-0.15, -0.1) is 0 Å². The van der Waals surface area contributed by atoms with Crippen LogP contribution in [0.3, 0.4) is 0 Å². The van der Waals surface area contributed by atoms with Gasteiger partial charge in [0.25, 0.3) is 0 Å². The third-order valence-electron chi connectivity index (χ3n) is 1.80. The minimum absolute atomic E-state index is 0.0235. The van der Waals surface area contributed by atoms with Gasteiger partial charge in [0.1, 0.15) is 0 Å². The molecule has 1 aliphatic heterocycles. The first-order chi connectivity index (χ1) is 4.52. The molecule has 0 radical (unpaired) electrons. The first kappa shape index (κ1) is 7.25. The molecule has 0 saturated carbocycles. The molecule has 0 aliphatic carbocycles. The third-order valence-corrected chi connectivity index (χ3v) is 1.80. The number of Topliss-reactive ketones (excluding diaryl/α,β-unsaturated/α-hetero) is 1. The highest BCUT2D eigenvalue weighted by molar-refractivity contribution is 5.96. The van der Waals surface area contributed by atoms with Crippen molar-refractivity contribution in [2.24, 2.45) is 5.41 Å². The van der Waals surface area contributed by atoms with E-state index in [1.54, 1.807) is 13.8 Å². The van der Waals surface area contributed by atoms with E-state index < -0.39 is 5.41 Å². The van der Waals surface area contributed by atoms with Crippen molar-refractivity contribution in [3.63, 3.8) is 0 Å². The predicted molar refractivity (Wildman–Crippen MR) is 36.4 cm³/mol. The Hall–Kier alpha value is -0.860. The summed E-state index contributed by atoms with van der Waals surface area (Å²) in [7, 11) is 0. The second-order valence-corrected chi connectivity index (χ2v) is 3.26. The smallest absolute Gasteiger partial charge is 0.221 e. The zero-order valence-corrected chi connectivity index (χ0v) is 6.23. The molecule has 0 aromatic rings. The van der Waals surface area contributed by atoms with Crippen molar-refractivity contribution >= 4 is 11.7 Å². The van der Waals surface area contributed by atoms with Gasteiger partial charge >= 0.3 is 0 Å². The van der Waals surface area contributed by atoms with Crippen LogP contribution in [-0.2, 0) is 9.59 Å². The summed E-state index contributed by atoms with van der Waals surface area (Å²) in [5.74, 6) is 0.0942. The molecular weight excluding hydrogens is 130 g/mol. The van der Waals surface area contributed by atoms with Crippen molar-refractivity contribution in [2.75, 3.05) is 6.54 Å². The van der Waals surface area contributed by atoms with Gasteiger partial charge < -0.3 is 5.32 Å². The SMILES string of the molecule is CC1(C)CC(=O)NCC1=O. The van der Waals surface area contributed by atoms with E-state index in [2.05, 4.69) is 5.32 Å². The Morgan fingerprint density at radius 1 is 1.40 bits per heavy atom. The maximum Gasteiger partial charge on any atom is 0.221 e. The van der Waals surface area contributed by atoms with Gasteiger partial charge in [0, 0.05) is 11.8 Å². The molecule has 1 fully saturated rings. The van der Waals surface area contributed by atoms with Crippen LogP contribution in [0.2, 0.25) is 0 Å². The van der Waals surface area contributed by atoms with Crippen molar-refractivity contribution in [3.8, 4) is 0 Å². The van der Waals surface area contributed by atoms with E-state index in [0.29, 0.717) is 6.42 Å². The zero-order valence-electron chi connectivity index (χ0n) is 6.23. The van der Waals surface area contributed by atoms with Crippen molar-refractivity contribution in [1.29, 1.82) is 0 Å². The molecule has 0 atom stereocenters. The lowest BCUT2D eigenvalue weighted by Gasteiger charge is -2.26. The third kappa shape index (κ3) is 1.17. The number of amides is 1. The van der Waals surface area contributed by atoms with Crippen molar-refractivity contribution in [2.45, 2.75) is 20.3 Å². The Bertz CT molecular complexity index is 184. The van der Waals surface area contributed by atoms with Gasteiger partial charge in [-0.3, -0.25) is 9.59 Å². The van der Waals surface area contributed by atoms with E-state index in [1.807, 2.05) is 0 Å². The molecule has 1 aliphatic rings. The average molecular weight is 141 g/mol. The maximum absolute atomic E-state index is 11.0. The number of ketones is 1. The molecule has 1 N–H and O–H groups in total. The van der Waals surface area contributed by atoms with Gasteiger partial charge in [-0.2, -0.15) is 0 Å². The number of carbonyl (C=O) groups is 2. The molecule has 0 unspecified atom stereocenters. The zero-order chi connectivity index (χ0) is 7.78. The first-order valence-electron chi connectivity index (χ1n) is 3.32. The molecule has 0 spiro atoms. The summed E-state index contributed by atoms with van der Waals surface area (Å²) >= 11 is 0. The van der Waals surface area contributed by atoms with E-state index in [1.165, 1.54) is 0 Å². The summed E-state index contributed by atoms with van der Waals surface area (Å²) in [5.41, 5.74) is -0.442. The lowest BCUT2D eigenvalue weighted by Crippen LogP contribution is -2.45. The molecule has 3 nitrogen and oxygen atoms in total. The summed E-state index contributed by atoms with van der Waals surface area (Å²) in [4.78, 5) is 21.8. The summed E-state index contributed by atoms with van der Waals surface area (Å²) in [5, 5.41) is 2.50. The number of hydrogen-bond acceptors (Lipinski definition) is 2. The van der Waals surface area contributed by atoms with Crippen LogP contribution in [0, 0.1) is 5.41 Å². The Kier molecular flexibility index (Phi) is 1.50. The Morgan fingerprint density at radius 3 is 2.40 bits per heavy atom. The van der Waals surface area contributed by atoms with Crippen molar-refractivity contribution in [1.82, 2.24) is 5.32 Å². The second-order valence-electron chi connectivity index (χ2n) is 3.26. The summed E-state index contributed by atoms with van der Waals surface area (Å²) in [6.07, 6.45) is 0.325. The molecule has 0 aromatic carbocycles. The van der Waals surface area contributed by atoms with Crippen LogP contribution >= 0.6 is 0 Å². The summed E-state index contributed by atoms with van der Waals surface area (Å²) in [6.45, 7) is 3.80. The van der Waals surface area contributed by atoms with E-state index >= 15 is 0 Å². The minimum Gasteiger partial charge on any atom is -0.349 e. The van der Waals surface area contributed by atoms with Crippen molar-refractivity contribution < 1.29 is 9.59 Å².